The van der Waals surface area contributed by atoms with Crippen molar-refractivity contribution in [1.29, 1.82) is 0 Å². The van der Waals surface area contributed by atoms with E-state index in [4.69, 9.17) is 0 Å². The van der Waals surface area contributed by atoms with Crippen LogP contribution in [0.2, 0.25) is 0 Å². The maximum atomic E-state index is 4.45. The summed E-state index contributed by atoms with van der Waals surface area (Å²) >= 11 is 3.33. The summed E-state index contributed by atoms with van der Waals surface area (Å²) in [5, 5.41) is 4.24. The number of aromatic nitrogens is 3. The summed E-state index contributed by atoms with van der Waals surface area (Å²) in [6.45, 7) is 4.71. The van der Waals surface area contributed by atoms with Gasteiger partial charge in [0.05, 0.1) is 0 Å². The molecule has 15 heavy (non-hydrogen) atoms. The van der Waals surface area contributed by atoms with Crippen LogP contribution in [0, 0.1) is 5.41 Å². The molecule has 1 aliphatic rings. The number of rotatable bonds is 1. The molecule has 0 spiro atoms. The van der Waals surface area contributed by atoms with Crippen molar-refractivity contribution in [2.24, 2.45) is 12.5 Å². The highest BCUT2D eigenvalue weighted by Gasteiger charge is 2.29. The second kappa shape index (κ2) is 3.89. The van der Waals surface area contributed by atoms with Gasteiger partial charge < -0.3 is 0 Å². The molecule has 1 saturated carbocycles. The van der Waals surface area contributed by atoms with Crippen molar-refractivity contribution in [3.8, 4) is 0 Å². The van der Waals surface area contributed by atoms with Crippen LogP contribution >= 0.6 is 15.9 Å². The van der Waals surface area contributed by atoms with Gasteiger partial charge >= 0.3 is 0 Å². The predicted octanol–water partition coefficient (Wildman–Crippen LogP) is 3.26. The summed E-state index contributed by atoms with van der Waals surface area (Å²) < 4.78 is 2.62. The first-order valence-electron chi connectivity index (χ1n) is 5.54. The van der Waals surface area contributed by atoms with Gasteiger partial charge in [0.2, 0.25) is 4.73 Å². The number of hydrogen-bond acceptors (Lipinski definition) is 2. The minimum absolute atomic E-state index is 0.520. The lowest BCUT2D eigenvalue weighted by Crippen LogP contribution is -2.21. The van der Waals surface area contributed by atoms with Crippen LogP contribution in [0.1, 0.15) is 51.3 Å². The van der Waals surface area contributed by atoms with Crippen molar-refractivity contribution in [3.05, 3.63) is 10.6 Å². The summed E-state index contributed by atoms with van der Waals surface area (Å²) in [6, 6.07) is 0. The largest absolute Gasteiger partial charge is 0.252 e. The highest BCUT2D eigenvalue weighted by molar-refractivity contribution is 9.10. The maximum Gasteiger partial charge on any atom is 0.217 e. The number of halogens is 1. The van der Waals surface area contributed by atoms with Gasteiger partial charge in [0.1, 0.15) is 5.82 Å². The monoisotopic (exact) mass is 271 g/mol. The Hall–Kier alpha value is -0.380. The first kappa shape index (κ1) is 11.1. The summed E-state index contributed by atoms with van der Waals surface area (Å²) in [4.78, 5) is 4.45. The summed E-state index contributed by atoms with van der Waals surface area (Å²) in [6.07, 6.45) is 5.07. The molecule has 84 valence electrons. The van der Waals surface area contributed by atoms with E-state index in [1.54, 1.807) is 0 Å². The van der Waals surface area contributed by atoms with E-state index in [9.17, 15) is 0 Å². The van der Waals surface area contributed by atoms with Crippen molar-refractivity contribution in [3.63, 3.8) is 0 Å². The Balaban J connectivity index is 2.11. The molecule has 0 radical (unpaired) electrons. The highest BCUT2D eigenvalue weighted by Crippen LogP contribution is 2.41. The zero-order valence-electron chi connectivity index (χ0n) is 9.63. The molecule has 1 aliphatic carbocycles. The maximum absolute atomic E-state index is 4.45. The van der Waals surface area contributed by atoms with Gasteiger partial charge in [-0.15, -0.1) is 5.10 Å². The summed E-state index contributed by atoms with van der Waals surface area (Å²) in [5.74, 6) is 1.74. The number of nitrogens with zero attached hydrogens (tertiary/aromatic N) is 3. The second-order valence-corrected chi connectivity index (χ2v) is 6.01. The molecule has 4 heteroatoms. The van der Waals surface area contributed by atoms with Crippen LogP contribution in [0.25, 0.3) is 0 Å². The quantitative estimate of drug-likeness (QED) is 0.785. The third kappa shape index (κ3) is 2.41. The van der Waals surface area contributed by atoms with Gasteiger partial charge in [-0.25, -0.2) is 4.98 Å². The summed E-state index contributed by atoms with van der Waals surface area (Å²) in [5.41, 5.74) is 0.520. The van der Waals surface area contributed by atoms with E-state index in [0.29, 0.717) is 16.1 Å². The molecule has 0 atom stereocenters. The minimum Gasteiger partial charge on any atom is -0.252 e. The molecular formula is C11H18BrN3. The molecule has 0 aromatic carbocycles. The molecule has 0 bridgehead atoms. The second-order valence-electron chi connectivity index (χ2n) is 5.30. The van der Waals surface area contributed by atoms with Gasteiger partial charge in [0.15, 0.2) is 0 Å². The lowest BCUT2D eigenvalue weighted by Gasteiger charge is -2.33. The fourth-order valence-corrected chi connectivity index (χ4v) is 2.80. The normalized spacial score (nSPS) is 21.9. The average Bonchev–Trinajstić information content (AvgIpc) is 2.45. The van der Waals surface area contributed by atoms with Gasteiger partial charge in [0, 0.05) is 13.0 Å². The molecule has 1 aromatic rings. The van der Waals surface area contributed by atoms with Crippen LogP contribution < -0.4 is 0 Å². The third-order valence-electron chi connectivity index (χ3n) is 3.48. The lowest BCUT2D eigenvalue weighted by atomic mass is 9.73. The van der Waals surface area contributed by atoms with Gasteiger partial charge in [-0.2, -0.15) is 0 Å². The lowest BCUT2D eigenvalue weighted by molar-refractivity contribution is 0.218. The molecule has 3 nitrogen and oxygen atoms in total. The minimum atomic E-state index is 0.520. The summed E-state index contributed by atoms with van der Waals surface area (Å²) in [7, 11) is 1.98. The van der Waals surface area contributed by atoms with E-state index in [2.05, 4.69) is 39.9 Å². The van der Waals surface area contributed by atoms with Crippen LogP contribution in [0.3, 0.4) is 0 Å². The standard InChI is InChI=1S/C11H18BrN3/c1-11(2)6-4-8(5-7-11)9-13-10(12)14-15(9)3/h8H,4-7H2,1-3H3. The molecule has 0 unspecified atom stereocenters. The van der Waals surface area contributed by atoms with Crippen LogP contribution in [-0.2, 0) is 7.05 Å². The first-order chi connectivity index (χ1) is 6.98. The van der Waals surface area contributed by atoms with Gasteiger partial charge in [-0.1, -0.05) is 13.8 Å². The smallest absolute Gasteiger partial charge is 0.217 e. The van der Waals surface area contributed by atoms with Crippen LogP contribution in [-0.4, -0.2) is 14.8 Å². The Labute approximate surface area is 99.4 Å². The third-order valence-corrected chi connectivity index (χ3v) is 3.81. The molecule has 0 amide bonds. The Bertz CT molecular complexity index is 347. The molecular weight excluding hydrogens is 254 g/mol. The van der Waals surface area contributed by atoms with E-state index < -0.39 is 0 Å². The molecule has 0 aliphatic heterocycles. The zero-order chi connectivity index (χ0) is 11.1. The molecule has 0 saturated heterocycles. The molecule has 1 aromatic heterocycles. The fraction of sp³-hybridized carbons (Fsp3) is 0.818. The van der Waals surface area contributed by atoms with Crippen molar-refractivity contribution in [1.82, 2.24) is 14.8 Å². The SMILES string of the molecule is Cn1nc(Br)nc1C1CCC(C)(C)CC1. The van der Waals surface area contributed by atoms with Crippen molar-refractivity contribution >= 4 is 15.9 Å². The van der Waals surface area contributed by atoms with Gasteiger partial charge in [-0.3, -0.25) is 4.68 Å². The Kier molecular flexibility index (Phi) is 2.88. The van der Waals surface area contributed by atoms with E-state index in [1.165, 1.54) is 25.7 Å². The van der Waals surface area contributed by atoms with Crippen molar-refractivity contribution in [2.45, 2.75) is 45.4 Å². The van der Waals surface area contributed by atoms with E-state index in [1.807, 2.05) is 11.7 Å². The molecule has 1 heterocycles. The van der Waals surface area contributed by atoms with E-state index >= 15 is 0 Å². The Morgan fingerprint density at radius 3 is 2.40 bits per heavy atom. The van der Waals surface area contributed by atoms with Crippen molar-refractivity contribution < 1.29 is 0 Å². The fourth-order valence-electron chi connectivity index (χ4n) is 2.38. The zero-order valence-corrected chi connectivity index (χ0v) is 11.2. The van der Waals surface area contributed by atoms with Crippen LogP contribution in [0.4, 0.5) is 0 Å². The average molecular weight is 272 g/mol. The van der Waals surface area contributed by atoms with Gasteiger partial charge in [-0.05, 0) is 47.0 Å². The van der Waals surface area contributed by atoms with E-state index in [-0.39, 0.29) is 0 Å². The Morgan fingerprint density at radius 1 is 1.33 bits per heavy atom. The van der Waals surface area contributed by atoms with Crippen LogP contribution in [0.15, 0.2) is 4.73 Å². The van der Waals surface area contributed by atoms with E-state index in [0.717, 1.165) is 5.82 Å². The number of hydrogen-bond donors (Lipinski definition) is 0. The van der Waals surface area contributed by atoms with Crippen LogP contribution in [0.5, 0.6) is 0 Å². The molecule has 1 fully saturated rings. The van der Waals surface area contributed by atoms with Gasteiger partial charge in [0.25, 0.3) is 0 Å². The highest BCUT2D eigenvalue weighted by atomic mass is 79.9. The first-order valence-corrected chi connectivity index (χ1v) is 6.34. The predicted molar refractivity (Wildman–Crippen MR) is 63.7 cm³/mol. The molecule has 0 N–H and O–H groups in total. The Morgan fingerprint density at radius 2 is 1.93 bits per heavy atom. The van der Waals surface area contributed by atoms with Crippen molar-refractivity contribution in [2.75, 3.05) is 0 Å². The number of aryl methyl sites for hydroxylation is 1. The topological polar surface area (TPSA) is 30.7 Å². The molecule has 2 rings (SSSR count).